The smallest absolute Gasteiger partial charge is 0.0969 e. The first-order valence-corrected chi connectivity index (χ1v) is 6.76. The van der Waals surface area contributed by atoms with Crippen molar-refractivity contribution in [2.45, 2.75) is 19.3 Å². The summed E-state index contributed by atoms with van der Waals surface area (Å²) in [5.74, 6) is 0.792. The van der Waals surface area contributed by atoms with Gasteiger partial charge in [0.05, 0.1) is 3.72 Å². The molecule has 94 valence electrons. The second kappa shape index (κ2) is 7.47. The average Bonchev–Trinajstić information content (AvgIpc) is 3.10. The van der Waals surface area contributed by atoms with E-state index in [4.69, 9.17) is 11.1 Å². The van der Waals surface area contributed by atoms with Gasteiger partial charge in [-0.1, -0.05) is 0 Å². The predicted molar refractivity (Wildman–Crippen MR) is 81.9 cm³/mol. The number of rotatable bonds is 7. The lowest BCUT2D eigenvalue weighted by molar-refractivity contribution is 0.851. The van der Waals surface area contributed by atoms with Gasteiger partial charge >= 0.3 is 0 Å². The normalized spacial score (nSPS) is 17.5. The zero-order valence-corrected chi connectivity index (χ0v) is 12.2. The maximum Gasteiger partial charge on any atom is 0.0969 e. The van der Waals surface area contributed by atoms with Gasteiger partial charge in [0.1, 0.15) is 0 Å². The van der Waals surface area contributed by atoms with E-state index in [0.29, 0.717) is 10.1 Å². The lowest BCUT2D eigenvalue weighted by atomic mass is 10.1. The summed E-state index contributed by atoms with van der Waals surface area (Å²) in [4.78, 5) is 4.38. The molecular weight excluding hydrogens is 327 g/mol. The minimum absolute atomic E-state index is 0.520. The first kappa shape index (κ1) is 14.2. The van der Waals surface area contributed by atoms with Crippen LogP contribution >= 0.6 is 22.6 Å². The second-order valence-corrected chi connectivity index (χ2v) is 5.21. The Bertz CT molecular complexity index is 354. The molecule has 0 atom stereocenters. The van der Waals surface area contributed by atoms with Gasteiger partial charge in [0, 0.05) is 38.0 Å². The summed E-state index contributed by atoms with van der Waals surface area (Å²) in [6, 6.07) is 0. The summed E-state index contributed by atoms with van der Waals surface area (Å²) in [7, 11) is 1.83. The molecule has 1 saturated carbocycles. The topological polar surface area (TPSA) is 74.3 Å². The van der Waals surface area contributed by atoms with Crippen LogP contribution in [-0.4, -0.2) is 23.5 Å². The maximum atomic E-state index is 7.64. The average molecular weight is 346 g/mol. The van der Waals surface area contributed by atoms with E-state index < -0.39 is 0 Å². The van der Waals surface area contributed by atoms with Gasteiger partial charge in [-0.2, -0.15) is 0 Å². The third-order valence-electron chi connectivity index (χ3n) is 2.53. The molecule has 0 aromatic heterocycles. The number of nitrogens with one attached hydrogen (secondary N) is 2. The van der Waals surface area contributed by atoms with E-state index in [9.17, 15) is 0 Å². The molecular formula is C12H19IN4. The molecule has 5 heteroatoms. The third kappa shape index (κ3) is 5.86. The summed E-state index contributed by atoms with van der Waals surface area (Å²) in [6.07, 6.45) is 8.49. The van der Waals surface area contributed by atoms with Crippen LogP contribution in [0.3, 0.4) is 0 Å². The van der Waals surface area contributed by atoms with Crippen molar-refractivity contribution in [2.75, 3.05) is 13.6 Å². The van der Waals surface area contributed by atoms with E-state index >= 15 is 0 Å². The van der Waals surface area contributed by atoms with Gasteiger partial charge in [-0.05, 0) is 53.1 Å². The number of allylic oxidation sites excluding steroid dienone is 2. The molecule has 0 radical (unpaired) electrons. The summed E-state index contributed by atoms with van der Waals surface area (Å²) in [5.41, 5.74) is 7.45. The van der Waals surface area contributed by atoms with Crippen molar-refractivity contribution in [1.29, 1.82) is 5.41 Å². The lowest BCUT2D eigenvalue weighted by Crippen LogP contribution is -2.04. The highest BCUT2D eigenvalue weighted by Gasteiger charge is 2.19. The molecule has 0 heterocycles. The van der Waals surface area contributed by atoms with Crippen LogP contribution in [0.2, 0.25) is 0 Å². The zero-order valence-electron chi connectivity index (χ0n) is 10.0. The number of nitrogens with zero attached hydrogens (tertiary/aromatic N) is 1. The van der Waals surface area contributed by atoms with Crippen LogP contribution in [0, 0.1) is 11.3 Å². The summed E-state index contributed by atoms with van der Waals surface area (Å²) < 4.78 is 0.520. The van der Waals surface area contributed by atoms with Crippen LogP contribution in [0.1, 0.15) is 19.3 Å². The first-order valence-electron chi connectivity index (χ1n) is 5.68. The van der Waals surface area contributed by atoms with Crippen molar-refractivity contribution in [1.82, 2.24) is 5.32 Å². The molecule has 0 spiro atoms. The van der Waals surface area contributed by atoms with Gasteiger partial charge in [-0.25, -0.2) is 0 Å². The zero-order chi connectivity index (χ0) is 12.7. The molecule has 1 rings (SSSR count). The molecule has 0 saturated heterocycles. The summed E-state index contributed by atoms with van der Waals surface area (Å²) in [5, 5.41) is 10.6. The quantitative estimate of drug-likeness (QED) is 0.488. The fourth-order valence-electron chi connectivity index (χ4n) is 1.35. The third-order valence-corrected chi connectivity index (χ3v) is 3.22. The van der Waals surface area contributed by atoms with E-state index in [2.05, 4.69) is 10.3 Å². The number of aliphatic imine (C=N–C) groups is 1. The SMILES string of the molecule is CN/C=C(/CC(C=NCC1CC1)=CN)C(=N)I. The molecule has 4 N–H and O–H groups in total. The lowest BCUT2D eigenvalue weighted by Gasteiger charge is -2.05. The number of nitrogens with two attached hydrogens (primary N) is 1. The van der Waals surface area contributed by atoms with Crippen molar-refractivity contribution >= 4 is 32.5 Å². The van der Waals surface area contributed by atoms with Crippen molar-refractivity contribution in [3.8, 4) is 0 Å². The van der Waals surface area contributed by atoms with Crippen molar-refractivity contribution < 1.29 is 0 Å². The van der Waals surface area contributed by atoms with E-state index in [1.807, 2.05) is 42.1 Å². The largest absolute Gasteiger partial charge is 0.404 e. The van der Waals surface area contributed by atoms with Crippen LogP contribution < -0.4 is 11.1 Å². The Kier molecular flexibility index (Phi) is 6.25. The monoisotopic (exact) mass is 346 g/mol. The van der Waals surface area contributed by atoms with Crippen molar-refractivity contribution in [3.63, 3.8) is 0 Å². The van der Waals surface area contributed by atoms with Crippen LogP contribution in [-0.2, 0) is 0 Å². The number of hydrogen-bond donors (Lipinski definition) is 3. The Morgan fingerprint density at radius 2 is 2.29 bits per heavy atom. The van der Waals surface area contributed by atoms with Crippen LogP contribution in [0.5, 0.6) is 0 Å². The van der Waals surface area contributed by atoms with Gasteiger partial charge in [-0.15, -0.1) is 0 Å². The Morgan fingerprint density at radius 3 is 2.76 bits per heavy atom. The highest BCUT2D eigenvalue weighted by molar-refractivity contribution is 14.1. The number of hydrogen-bond acceptors (Lipinski definition) is 4. The van der Waals surface area contributed by atoms with E-state index in [1.165, 1.54) is 12.8 Å². The molecule has 1 fully saturated rings. The van der Waals surface area contributed by atoms with Crippen LogP contribution in [0.15, 0.2) is 28.5 Å². The molecule has 0 aromatic rings. The Morgan fingerprint density at radius 1 is 1.59 bits per heavy atom. The van der Waals surface area contributed by atoms with E-state index in [-0.39, 0.29) is 0 Å². The molecule has 0 aromatic carbocycles. The minimum Gasteiger partial charge on any atom is -0.404 e. The highest BCUT2D eigenvalue weighted by Crippen LogP contribution is 2.28. The molecule has 0 aliphatic heterocycles. The molecule has 0 unspecified atom stereocenters. The molecule has 1 aliphatic rings. The van der Waals surface area contributed by atoms with Crippen LogP contribution in [0.4, 0.5) is 0 Å². The van der Waals surface area contributed by atoms with E-state index in [1.54, 1.807) is 6.20 Å². The molecule has 17 heavy (non-hydrogen) atoms. The Labute approximate surface area is 116 Å². The first-order chi connectivity index (χ1) is 8.17. The van der Waals surface area contributed by atoms with Gasteiger partial charge in [-0.3, -0.25) is 10.4 Å². The molecule has 1 aliphatic carbocycles. The van der Waals surface area contributed by atoms with Gasteiger partial charge in [0.2, 0.25) is 0 Å². The number of halogens is 1. The minimum atomic E-state index is 0.520. The maximum absolute atomic E-state index is 7.64. The summed E-state index contributed by atoms with van der Waals surface area (Å²) >= 11 is 2.00. The standard InChI is InChI=1S/C12H19IN4/c1-16-8-11(12(13)15)4-10(5-14)7-17-6-9-2-3-9/h5,7-9,15-16H,2-4,6,14H2,1H3/b10-5?,11-8-,15-12?,17-7?. The van der Waals surface area contributed by atoms with Crippen LogP contribution in [0.25, 0.3) is 0 Å². The van der Waals surface area contributed by atoms with Crippen molar-refractivity contribution in [2.24, 2.45) is 16.6 Å². The van der Waals surface area contributed by atoms with E-state index in [0.717, 1.165) is 23.6 Å². The van der Waals surface area contributed by atoms with Crippen molar-refractivity contribution in [3.05, 3.63) is 23.5 Å². The Hall–Kier alpha value is -0.850. The van der Waals surface area contributed by atoms with Gasteiger partial charge in [0.25, 0.3) is 0 Å². The highest BCUT2D eigenvalue weighted by atomic mass is 127. The summed E-state index contributed by atoms with van der Waals surface area (Å²) in [6.45, 7) is 0.907. The van der Waals surface area contributed by atoms with Gasteiger partial charge < -0.3 is 11.1 Å². The Balaban J connectivity index is 2.51. The molecule has 4 nitrogen and oxygen atoms in total. The van der Waals surface area contributed by atoms with Gasteiger partial charge in [0.15, 0.2) is 0 Å². The fourth-order valence-corrected chi connectivity index (χ4v) is 1.70. The second-order valence-electron chi connectivity index (χ2n) is 4.13. The molecule has 0 amide bonds. The molecule has 0 bridgehead atoms. The predicted octanol–water partition coefficient (Wildman–Crippen LogP) is 2.22. The fraction of sp³-hybridized carbons (Fsp3) is 0.500.